The average molecular weight is 255 g/mol. The zero-order chi connectivity index (χ0) is 12.3. The molecule has 5 heteroatoms. The molecule has 0 aromatic carbocycles. The van der Waals surface area contributed by atoms with Crippen molar-refractivity contribution in [1.29, 1.82) is 0 Å². The normalized spacial score (nSPS) is 24.4. The van der Waals surface area contributed by atoms with Crippen molar-refractivity contribution in [3.63, 3.8) is 0 Å². The lowest BCUT2D eigenvalue weighted by molar-refractivity contribution is 0.468. The summed E-state index contributed by atoms with van der Waals surface area (Å²) >= 11 is 6.32. The van der Waals surface area contributed by atoms with Crippen molar-refractivity contribution in [3.8, 4) is 0 Å². The Morgan fingerprint density at radius 3 is 2.82 bits per heavy atom. The van der Waals surface area contributed by atoms with E-state index < -0.39 is 0 Å². The minimum atomic E-state index is 0.210. The molecule has 0 spiro atoms. The van der Waals surface area contributed by atoms with Crippen LogP contribution in [0, 0.1) is 0 Å². The van der Waals surface area contributed by atoms with Crippen LogP contribution in [0.1, 0.15) is 25.7 Å². The number of anilines is 2. The Bertz CT molecular complexity index is 369. The molecule has 1 aromatic heterocycles. The first-order chi connectivity index (χ1) is 8.16. The van der Waals surface area contributed by atoms with Gasteiger partial charge in [-0.1, -0.05) is 12.8 Å². The Morgan fingerprint density at radius 1 is 1.35 bits per heavy atom. The highest BCUT2D eigenvalue weighted by atomic mass is 35.5. The SMILES string of the molecule is CN(C)c1nccc(NC2CCCCC2Cl)n1. The van der Waals surface area contributed by atoms with E-state index in [4.69, 9.17) is 11.6 Å². The third-order valence-corrected chi connectivity index (χ3v) is 3.58. The van der Waals surface area contributed by atoms with Crippen molar-refractivity contribution in [2.45, 2.75) is 37.1 Å². The van der Waals surface area contributed by atoms with E-state index in [0.717, 1.165) is 24.6 Å². The molecule has 1 N–H and O–H groups in total. The van der Waals surface area contributed by atoms with Crippen molar-refractivity contribution in [3.05, 3.63) is 12.3 Å². The maximum Gasteiger partial charge on any atom is 0.226 e. The summed E-state index contributed by atoms with van der Waals surface area (Å²) < 4.78 is 0. The fourth-order valence-electron chi connectivity index (χ4n) is 2.08. The van der Waals surface area contributed by atoms with Crippen LogP contribution in [0.25, 0.3) is 0 Å². The molecule has 1 saturated carbocycles. The van der Waals surface area contributed by atoms with Gasteiger partial charge < -0.3 is 10.2 Å². The molecule has 4 nitrogen and oxygen atoms in total. The van der Waals surface area contributed by atoms with E-state index in [1.165, 1.54) is 12.8 Å². The second-order valence-corrected chi connectivity index (χ2v) is 5.25. The fraction of sp³-hybridized carbons (Fsp3) is 0.667. The maximum atomic E-state index is 6.32. The highest BCUT2D eigenvalue weighted by Crippen LogP contribution is 2.25. The summed E-state index contributed by atoms with van der Waals surface area (Å²) in [7, 11) is 3.87. The minimum absolute atomic E-state index is 0.210. The standard InChI is InChI=1S/C12H19ClN4/c1-17(2)12-14-8-7-11(16-12)15-10-6-4-3-5-9(10)13/h7-10H,3-6H2,1-2H3,(H,14,15,16). The lowest BCUT2D eigenvalue weighted by Gasteiger charge is -2.28. The first kappa shape index (κ1) is 12.4. The van der Waals surface area contributed by atoms with Gasteiger partial charge in [-0.3, -0.25) is 0 Å². The van der Waals surface area contributed by atoms with Gasteiger partial charge in [-0.25, -0.2) is 4.98 Å². The van der Waals surface area contributed by atoms with Crippen LogP contribution in [0.5, 0.6) is 0 Å². The van der Waals surface area contributed by atoms with Gasteiger partial charge in [-0.15, -0.1) is 11.6 Å². The van der Waals surface area contributed by atoms with E-state index in [1.807, 2.05) is 25.1 Å². The summed E-state index contributed by atoms with van der Waals surface area (Å²) in [4.78, 5) is 10.5. The summed E-state index contributed by atoms with van der Waals surface area (Å²) in [5.74, 6) is 1.58. The average Bonchev–Trinajstić information content (AvgIpc) is 2.32. The maximum absolute atomic E-state index is 6.32. The van der Waals surface area contributed by atoms with Crippen molar-refractivity contribution in [1.82, 2.24) is 9.97 Å². The third-order valence-electron chi connectivity index (χ3n) is 3.06. The van der Waals surface area contributed by atoms with Gasteiger partial charge in [0.05, 0.1) is 5.38 Å². The Kier molecular flexibility index (Phi) is 4.05. The van der Waals surface area contributed by atoms with Gasteiger partial charge in [-0.2, -0.15) is 4.98 Å². The minimum Gasteiger partial charge on any atom is -0.366 e. The Balaban J connectivity index is 2.04. The summed E-state index contributed by atoms with van der Waals surface area (Å²) in [6.45, 7) is 0. The number of nitrogens with zero attached hydrogens (tertiary/aromatic N) is 3. The first-order valence-corrected chi connectivity index (χ1v) is 6.51. The molecule has 1 aromatic rings. The van der Waals surface area contributed by atoms with Gasteiger partial charge in [0.25, 0.3) is 0 Å². The molecule has 0 aliphatic heterocycles. The molecule has 2 unspecified atom stereocenters. The highest BCUT2D eigenvalue weighted by molar-refractivity contribution is 6.21. The topological polar surface area (TPSA) is 41.1 Å². The quantitative estimate of drug-likeness (QED) is 0.842. The fourth-order valence-corrected chi connectivity index (χ4v) is 2.43. The first-order valence-electron chi connectivity index (χ1n) is 6.08. The molecular formula is C12H19ClN4. The molecule has 0 amide bonds. The van der Waals surface area contributed by atoms with Gasteiger partial charge in [0.15, 0.2) is 0 Å². The van der Waals surface area contributed by atoms with E-state index in [-0.39, 0.29) is 5.38 Å². The monoisotopic (exact) mass is 254 g/mol. The molecule has 0 radical (unpaired) electrons. The summed E-state index contributed by atoms with van der Waals surface area (Å²) in [6.07, 6.45) is 6.46. The lowest BCUT2D eigenvalue weighted by atomic mass is 9.95. The van der Waals surface area contributed by atoms with E-state index in [0.29, 0.717) is 6.04 Å². The molecule has 94 valence electrons. The van der Waals surface area contributed by atoms with Crippen LogP contribution < -0.4 is 10.2 Å². The van der Waals surface area contributed by atoms with Crippen molar-refractivity contribution >= 4 is 23.4 Å². The zero-order valence-electron chi connectivity index (χ0n) is 10.4. The summed E-state index contributed by atoms with van der Waals surface area (Å²) in [5, 5.41) is 3.63. The second kappa shape index (κ2) is 5.54. The predicted octanol–water partition coefficient (Wildman–Crippen LogP) is 2.50. The molecule has 1 aliphatic rings. The largest absolute Gasteiger partial charge is 0.366 e. The van der Waals surface area contributed by atoms with Crippen molar-refractivity contribution < 1.29 is 0 Å². The third kappa shape index (κ3) is 3.22. The van der Waals surface area contributed by atoms with Crippen molar-refractivity contribution in [2.75, 3.05) is 24.3 Å². The molecule has 0 saturated heterocycles. The molecule has 1 heterocycles. The number of hydrogen-bond acceptors (Lipinski definition) is 4. The molecule has 2 atom stereocenters. The zero-order valence-corrected chi connectivity index (χ0v) is 11.1. The summed E-state index contributed by atoms with van der Waals surface area (Å²) in [5.41, 5.74) is 0. The van der Waals surface area contributed by atoms with Gasteiger partial charge in [-0.05, 0) is 18.9 Å². The predicted molar refractivity (Wildman–Crippen MR) is 71.9 cm³/mol. The number of nitrogens with one attached hydrogen (secondary N) is 1. The molecule has 1 fully saturated rings. The van der Waals surface area contributed by atoms with Crippen LogP contribution in [0.3, 0.4) is 0 Å². The van der Waals surface area contributed by atoms with Gasteiger partial charge in [0, 0.05) is 26.3 Å². The molecular weight excluding hydrogens is 236 g/mol. The Labute approximate surface area is 107 Å². The van der Waals surface area contributed by atoms with Crippen LogP contribution >= 0.6 is 11.6 Å². The lowest BCUT2D eigenvalue weighted by Crippen LogP contribution is -2.33. The van der Waals surface area contributed by atoms with Crippen LogP contribution in [0.4, 0.5) is 11.8 Å². The van der Waals surface area contributed by atoms with Gasteiger partial charge >= 0.3 is 0 Å². The molecule has 17 heavy (non-hydrogen) atoms. The molecule has 0 bridgehead atoms. The van der Waals surface area contributed by atoms with Gasteiger partial charge in [0.1, 0.15) is 5.82 Å². The van der Waals surface area contributed by atoms with Crippen LogP contribution in [-0.4, -0.2) is 35.5 Å². The smallest absolute Gasteiger partial charge is 0.226 e. The highest BCUT2D eigenvalue weighted by Gasteiger charge is 2.23. The van der Waals surface area contributed by atoms with Crippen molar-refractivity contribution in [2.24, 2.45) is 0 Å². The van der Waals surface area contributed by atoms with Crippen LogP contribution in [-0.2, 0) is 0 Å². The number of halogens is 1. The number of alkyl halides is 1. The molecule has 1 aliphatic carbocycles. The van der Waals surface area contributed by atoms with Crippen LogP contribution in [0.2, 0.25) is 0 Å². The molecule has 2 rings (SSSR count). The Morgan fingerprint density at radius 2 is 2.12 bits per heavy atom. The van der Waals surface area contributed by atoms with E-state index in [9.17, 15) is 0 Å². The van der Waals surface area contributed by atoms with Crippen LogP contribution in [0.15, 0.2) is 12.3 Å². The summed E-state index contributed by atoms with van der Waals surface area (Å²) in [6, 6.07) is 2.22. The second-order valence-electron chi connectivity index (χ2n) is 4.69. The number of aromatic nitrogens is 2. The van der Waals surface area contributed by atoms with E-state index >= 15 is 0 Å². The Hall–Kier alpha value is -1.03. The van der Waals surface area contributed by atoms with E-state index in [2.05, 4.69) is 15.3 Å². The number of rotatable bonds is 3. The number of hydrogen-bond donors (Lipinski definition) is 1. The van der Waals surface area contributed by atoms with Gasteiger partial charge in [0.2, 0.25) is 5.95 Å². The van der Waals surface area contributed by atoms with E-state index in [1.54, 1.807) is 6.20 Å².